The van der Waals surface area contributed by atoms with E-state index >= 15 is 0 Å². The second-order valence-electron chi connectivity index (χ2n) is 5.79. The Labute approximate surface area is 160 Å². The first-order valence-corrected chi connectivity index (χ1v) is 8.67. The number of halogens is 3. The lowest BCUT2D eigenvalue weighted by Crippen LogP contribution is -2.30. The Kier molecular flexibility index (Phi) is 5.23. The van der Waals surface area contributed by atoms with Crippen LogP contribution in [-0.4, -0.2) is 40.5 Å². The highest BCUT2D eigenvalue weighted by Gasteiger charge is 2.31. The zero-order valence-corrected chi connectivity index (χ0v) is 15.5. The van der Waals surface area contributed by atoms with Crippen molar-refractivity contribution in [2.45, 2.75) is 13.3 Å². The highest BCUT2D eigenvalue weighted by atomic mass is 32.1. The van der Waals surface area contributed by atoms with Crippen LogP contribution in [0.15, 0.2) is 35.1 Å². The molecule has 8 nitrogen and oxygen atoms in total. The van der Waals surface area contributed by atoms with Crippen molar-refractivity contribution < 1.29 is 22.7 Å². The number of alkyl halides is 3. The van der Waals surface area contributed by atoms with Crippen LogP contribution in [0, 0.1) is 6.92 Å². The summed E-state index contributed by atoms with van der Waals surface area (Å²) < 4.78 is 41.4. The van der Waals surface area contributed by atoms with Gasteiger partial charge in [0.25, 0.3) is 5.56 Å². The minimum atomic E-state index is -4.78. The average Bonchev–Trinajstić information content (AvgIpc) is 2.99. The van der Waals surface area contributed by atoms with E-state index < -0.39 is 12.3 Å². The number of carbonyl (C=O) groups is 1. The molecule has 0 aliphatic heterocycles. The summed E-state index contributed by atoms with van der Waals surface area (Å²) in [4.78, 5) is 30.2. The molecular formula is C16H14F3N5O3S. The van der Waals surface area contributed by atoms with Gasteiger partial charge in [0.1, 0.15) is 5.75 Å². The predicted octanol–water partition coefficient (Wildman–Crippen LogP) is 2.43. The van der Waals surface area contributed by atoms with Crippen LogP contribution in [0.2, 0.25) is 0 Å². The molecular weight excluding hydrogens is 399 g/mol. The van der Waals surface area contributed by atoms with Gasteiger partial charge in [-0.15, -0.1) is 18.3 Å². The Bertz CT molecular complexity index is 1060. The molecule has 0 fully saturated rings. The molecule has 0 aliphatic rings. The van der Waals surface area contributed by atoms with Crippen molar-refractivity contribution in [3.8, 4) is 5.75 Å². The molecule has 2 aromatic heterocycles. The summed E-state index contributed by atoms with van der Waals surface area (Å²) in [5.41, 5.74) is 0.563. The van der Waals surface area contributed by atoms with Crippen molar-refractivity contribution >= 4 is 33.0 Å². The number of carbonyl (C=O) groups excluding carboxylic acids is 1. The number of aromatic nitrogens is 3. The normalized spacial score (nSPS) is 11.5. The number of fused-ring (bicyclic) bond motifs is 1. The molecule has 3 aromatic rings. The lowest BCUT2D eigenvalue weighted by atomic mass is 10.3. The number of ether oxygens (including phenoxy) is 1. The van der Waals surface area contributed by atoms with Crippen LogP contribution in [0.4, 0.5) is 24.0 Å². The summed E-state index contributed by atoms with van der Waals surface area (Å²) in [6, 6.07) is 6.14. The Balaban J connectivity index is 1.64. The van der Waals surface area contributed by atoms with Gasteiger partial charge in [0.15, 0.2) is 0 Å². The summed E-state index contributed by atoms with van der Waals surface area (Å²) in [6.07, 6.45) is -4.78. The molecule has 0 bridgehead atoms. The zero-order valence-electron chi connectivity index (χ0n) is 14.6. The van der Waals surface area contributed by atoms with E-state index in [2.05, 4.69) is 20.1 Å². The SMILES string of the molecule is Cc1cc(=O)n2nc(N(C)CC(=O)Nc3ccc(OC(F)(F)F)cc3)sc2n1. The third kappa shape index (κ3) is 4.76. The largest absolute Gasteiger partial charge is 0.573 e. The third-order valence-corrected chi connectivity index (χ3v) is 4.46. The van der Waals surface area contributed by atoms with E-state index in [-0.39, 0.29) is 17.9 Å². The molecule has 1 aromatic carbocycles. The van der Waals surface area contributed by atoms with Crippen molar-refractivity contribution in [3.05, 3.63) is 46.4 Å². The summed E-state index contributed by atoms with van der Waals surface area (Å²) in [6.45, 7) is 1.61. The number of rotatable bonds is 5. The molecule has 2 heterocycles. The summed E-state index contributed by atoms with van der Waals surface area (Å²) in [7, 11) is 1.62. The molecule has 0 aliphatic carbocycles. The van der Waals surface area contributed by atoms with E-state index in [0.29, 0.717) is 21.5 Å². The number of hydrogen-bond donors (Lipinski definition) is 1. The Morgan fingerprint density at radius 3 is 2.64 bits per heavy atom. The maximum absolute atomic E-state index is 12.2. The van der Waals surface area contributed by atoms with E-state index in [1.807, 2.05) is 0 Å². The number of hydrogen-bond acceptors (Lipinski definition) is 7. The van der Waals surface area contributed by atoms with Crippen LogP contribution in [0.3, 0.4) is 0 Å². The highest BCUT2D eigenvalue weighted by molar-refractivity contribution is 7.20. The molecule has 3 rings (SSSR count). The van der Waals surface area contributed by atoms with Gasteiger partial charge in [0.2, 0.25) is 16.0 Å². The van der Waals surface area contributed by atoms with Gasteiger partial charge in [-0.1, -0.05) is 11.3 Å². The van der Waals surface area contributed by atoms with Gasteiger partial charge in [0, 0.05) is 24.5 Å². The number of anilines is 2. The van der Waals surface area contributed by atoms with Gasteiger partial charge in [-0.2, -0.15) is 4.52 Å². The van der Waals surface area contributed by atoms with Crippen LogP contribution in [0.5, 0.6) is 5.75 Å². The third-order valence-electron chi connectivity index (χ3n) is 3.44. The van der Waals surface area contributed by atoms with Gasteiger partial charge in [0.05, 0.1) is 6.54 Å². The Morgan fingerprint density at radius 2 is 2.00 bits per heavy atom. The maximum Gasteiger partial charge on any atom is 0.573 e. The molecule has 28 heavy (non-hydrogen) atoms. The van der Waals surface area contributed by atoms with E-state index in [1.54, 1.807) is 14.0 Å². The van der Waals surface area contributed by atoms with Crippen LogP contribution < -0.4 is 20.5 Å². The lowest BCUT2D eigenvalue weighted by molar-refractivity contribution is -0.274. The lowest BCUT2D eigenvalue weighted by Gasteiger charge is -2.15. The minimum Gasteiger partial charge on any atom is -0.406 e. The quantitative estimate of drug-likeness (QED) is 0.691. The van der Waals surface area contributed by atoms with Gasteiger partial charge in [-0.05, 0) is 31.2 Å². The average molecular weight is 413 g/mol. The molecule has 12 heteroatoms. The molecule has 0 radical (unpaired) electrons. The van der Waals surface area contributed by atoms with Crippen molar-refractivity contribution in [2.75, 3.05) is 23.8 Å². The van der Waals surface area contributed by atoms with Gasteiger partial charge >= 0.3 is 6.36 Å². The highest BCUT2D eigenvalue weighted by Crippen LogP contribution is 2.24. The fourth-order valence-corrected chi connectivity index (χ4v) is 3.20. The molecule has 0 saturated heterocycles. The number of nitrogens with one attached hydrogen (secondary N) is 1. The minimum absolute atomic E-state index is 0.0889. The van der Waals surface area contributed by atoms with Crippen LogP contribution in [0.1, 0.15) is 5.69 Å². The smallest absolute Gasteiger partial charge is 0.406 e. The first-order valence-electron chi connectivity index (χ1n) is 7.85. The number of benzene rings is 1. The first-order chi connectivity index (χ1) is 13.1. The van der Waals surface area contributed by atoms with Gasteiger partial charge in [-0.3, -0.25) is 9.59 Å². The van der Waals surface area contributed by atoms with Crippen molar-refractivity contribution in [2.24, 2.45) is 0 Å². The van der Waals surface area contributed by atoms with Gasteiger partial charge in [-0.25, -0.2) is 4.98 Å². The molecule has 1 N–H and O–H groups in total. The Morgan fingerprint density at radius 1 is 1.32 bits per heavy atom. The van der Waals surface area contributed by atoms with E-state index in [4.69, 9.17) is 0 Å². The molecule has 0 saturated carbocycles. The van der Waals surface area contributed by atoms with E-state index in [9.17, 15) is 22.8 Å². The summed E-state index contributed by atoms with van der Waals surface area (Å²) in [5, 5.41) is 7.12. The van der Waals surface area contributed by atoms with Crippen LogP contribution in [-0.2, 0) is 4.79 Å². The van der Waals surface area contributed by atoms with Gasteiger partial charge < -0.3 is 15.0 Å². The molecule has 148 valence electrons. The number of aryl methyl sites for hydroxylation is 1. The number of likely N-dealkylation sites (N-methyl/N-ethyl adjacent to an activating group) is 1. The first kappa shape index (κ1) is 19.6. The molecule has 1 amide bonds. The van der Waals surface area contributed by atoms with E-state index in [1.165, 1.54) is 23.1 Å². The van der Waals surface area contributed by atoms with E-state index in [0.717, 1.165) is 28.0 Å². The van der Waals surface area contributed by atoms with Crippen LogP contribution >= 0.6 is 11.3 Å². The molecule has 0 unspecified atom stereocenters. The monoisotopic (exact) mass is 413 g/mol. The maximum atomic E-state index is 12.2. The summed E-state index contributed by atoms with van der Waals surface area (Å²) >= 11 is 1.15. The zero-order chi connectivity index (χ0) is 20.5. The topological polar surface area (TPSA) is 88.8 Å². The standard InChI is InChI=1S/C16H14F3N5O3S/c1-9-7-13(26)24-14(20-9)28-15(22-24)23(2)8-12(25)21-10-3-5-11(6-4-10)27-16(17,18)19/h3-7H,8H2,1-2H3,(H,21,25). The predicted molar refractivity (Wildman–Crippen MR) is 96.9 cm³/mol. The Hall–Kier alpha value is -3.15. The summed E-state index contributed by atoms with van der Waals surface area (Å²) in [5.74, 6) is -0.798. The number of amides is 1. The second kappa shape index (κ2) is 7.46. The van der Waals surface area contributed by atoms with Crippen molar-refractivity contribution in [3.63, 3.8) is 0 Å². The van der Waals surface area contributed by atoms with Crippen molar-refractivity contribution in [1.29, 1.82) is 0 Å². The second-order valence-corrected chi connectivity index (χ2v) is 6.73. The van der Waals surface area contributed by atoms with Crippen LogP contribution in [0.25, 0.3) is 4.96 Å². The molecule has 0 spiro atoms. The van der Waals surface area contributed by atoms with Crippen molar-refractivity contribution in [1.82, 2.24) is 14.6 Å². The number of nitrogens with zero attached hydrogens (tertiary/aromatic N) is 4. The fraction of sp³-hybridized carbons (Fsp3) is 0.250. The molecule has 0 atom stereocenters. The fourth-order valence-electron chi connectivity index (χ4n) is 2.29.